The molecule has 0 bridgehead atoms. The van der Waals surface area contributed by atoms with Crippen molar-refractivity contribution in [2.45, 2.75) is 45.4 Å². The molecule has 8 aromatic rings. The fourth-order valence-corrected chi connectivity index (χ4v) is 9.49. The van der Waals surface area contributed by atoms with Crippen molar-refractivity contribution < 1.29 is 0 Å². The van der Waals surface area contributed by atoms with Crippen LogP contribution >= 0.6 is 0 Å². The Bertz CT molecular complexity index is 2680. The maximum absolute atomic E-state index is 2.49. The Labute approximate surface area is 319 Å². The second-order valence-corrected chi connectivity index (χ2v) is 16.2. The molecule has 1 heteroatoms. The first-order valence-corrected chi connectivity index (χ1v) is 19.2. The molecule has 260 valence electrons. The van der Waals surface area contributed by atoms with Crippen molar-refractivity contribution in [3.8, 4) is 44.5 Å². The molecule has 0 aliphatic heterocycles. The predicted octanol–water partition coefficient (Wildman–Crippen LogP) is 14.6. The standard InChI is InChI=1S/C53H43N/c1-34-14-13-17-36-22-23-37(30-46(34)36)41-27-24-38(31-47(41)35-15-7-6-8-16-35)54(39-25-28-44-42-18-9-11-20-48(42)52(2,3)50(44)32-39)40-26-29-45-43-19-10-12-21-49(43)53(4,5)51(45)33-40/h6-33H,1-5H3. The van der Waals surface area contributed by atoms with Crippen molar-refractivity contribution in [3.63, 3.8) is 0 Å². The first-order valence-electron chi connectivity index (χ1n) is 19.2. The zero-order valence-corrected chi connectivity index (χ0v) is 31.6. The Morgan fingerprint density at radius 1 is 0.352 bits per heavy atom. The number of anilines is 3. The van der Waals surface area contributed by atoms with Crippen LogP contribution in [0, 0.1) is 6.92 Å². The lowest BCUT2D eigenvalue weighted by atomic mass is 9.82. The van der Waals surface area contributed by atoms with Gasteiger partial charge in [0.2, 0.25) is 0 Å². The molecule has 2 aliphatic carbocycles. The molecule has 0 N–H and O–H groups in total. The van der Waals surface area contributed by atoms with Gasteiger partial charge in [-0.25, -0.2) is 0 Å². The van der Waals surface area contributed by atoms with E-state index in [9.17, 15) is 0 Å². The Hall–Kier alpha value is -6.18. The molecule has 0 heterocycles. The van der Waals surface area contributed by atoms with E-state index < -0.39 is 0 Å². The molecule has 0 saturated carbocycles. The third-order valence-electron chi connectivity index (χ3n) is 12.4. The molecule has 0 amide bonds. The first-order chi connectivity index (χ1) is 26.2. The van der Waals surface area contributed by atoms with Crippen molar-refractivity contribution in [1.29, 1.82) is 0 Å². The summed E-state index contributed by atoms with van der Waals surface area (Å²) in [6, 6.07) is 63.5. The van der Waals surface area contributed by atoms with Gasteiger partial charge in [-0.15, -0.1) is 0 Å². The van der Waals surface area contributed by atoms with Gasteiger partial charge in [-0.3, -0.25) is 0 Å². The third-order valence-corrected chi connectivity index (χ3v) is 12.4. The molecule has 0 radical (unpaired) electrons. The van der Waals surface area contributed by atoms with Gasteiger partial charge in [-0.2, -0.15) is 0 Å². The van der Waals surface area contributed by atoms with Crippen LogP contribution in [0.15, 0.2) is 170 Å². The summed E-state index contributed by atoms with van der Waals surface area (Å²) in [6.07, 6.45) is 0. The van der Waals surface area contributed by atoms with Gasteiger partial charge in [0.1, 0.15) is 0 Å². The summed E-state index contributed by atoms with van der Waals surface area (Å²) in [5, 5.41) is 2.56. The summed E-state index contributed by atoms with van der Waals surface area (Å²) in [6.45, 7) is 11.7. The fraction of sp³-hybridized carbons (Fsp3) is 0.132. The Morgan fingerprint density at radius 3 is 1.48 bits per heavy atom. The second-order valence-electron chi connectivity index (χ2n) is 16.2. The molecular formula is C53H43N. The molecule has 0 aromatic heterocycles. The van der Waals surface area contributed by atoms with Crippen LogP contribution in [-0.4, -0.2) is 0 Å². The van der Waals surface area contributed by atoms with Crippen LogP contribution < -0.4 is 4.90 Å². The fourth-order valence-electron chi connectivity index (χ4n) is 9.49. The van der Waals surface area contributed by atoms with Gasteiger partial charge in [-0.1, -0.05) is 155 Å². The van der Waals surface area contributed by atoms with Crippen LogP contribution in [0.5, 0.6) is 0 Å². The molecule has 0 unspecified atom stereocenters. The van der Waals surface area contributed by atoms with Gasteiger partial charge in [0.25, 0.3) is 0 Å². The van der Waals surface area contributed by atoms with Crippen molar-refractivity contribution in [1.82, 2.24) is 0 Å². The van der Waals surface area contributed by atoms with E-state index in [4.69, 9.17) is 0 Å². The highest BCUT2D eigenvalue weighted by Gasteiger charge is 2.37. The highest BCUT2D eigenvalue weighted by atomic mass is 15.1. The summed E-state index contributed by atoms with van der Waals surface area (Å²) in [4.78, 5) is 2.49. The zero-order valence-electron chi connectivity index (χ0n) is 31.6. The van der Waals surface area contributed by atoms with Crippen LogP contribution in [0.4, 0.5) is 17.1 Å². The molecule has 0 spiro atoms. The highest BCUT2D eigenvalue weighted by Crippen LogP contribution is 2.53. The predicted molar refractivity (Wildman–Crippen MR) is 229 cm³/mol. The molecule has 2 aliphatic rings. The number of aryl methyl sites for hydroxylation is 1. The summed E-state index contributed by atoms with van der Waals surface area (Å²) in [7, 11) is 0. The largest absolute Gasteiger partial charge is 0.310 e. The quantitative estimate of drug-likeness (QED) is 0.173. The Morgan fingerprint density at radius 2 is 0.870 bits per heavy atom. The van der Waals surface area contributed by atoms with E-state index in [0.717, 1.165) is 17.1 Å². The number of hydrogen-bond donors (Lipinski definition) is 0. The number of fused-ring (bicyclic) bond motifs is 7. The van der Waals surface area contributed by atoms with Gasteiger partial charge < -0.3 is 4.90 Å². The summed E-state index contributed by atoms with van der Waals surface area (Å²) in [5.74, 6) is 0. The van der Waals surface area contributed by atoms with E-state index in [0.29, 0.717) is 0 Å². The number of hydrogen-bond acceptors (Lipinski definition) is 1. The van der Waals surface area contributed by atoms with Gasteiger partial charge >= 0.3 is 0 Å². The number of nitrogens with zero attached hydrogens (tertiary/aromatic N) is 1. The average Bonchev–Trinajstić information content (AvgIpc) is 3.57. The van der Waals surface area contributed by atoms with Gasteiger partial charge in [0.05, 0.1) is 0 Å². The smallest absolute Gasteiger partial charge is 0.0468 e. The SMILES string of the molecule is Cc1cccc2ccc(-c3ccc(N(c4ccc5c(c4)C(C)(C)c4ccccc4-5)c4ccc5c(c4)C(C)(C)c4ccccc4-5)cc3-c3ccccc3)cc12. The van der Waals surface area contributed by atoms with E-state index in [1.807, 2.05) is 0 Å². The lowest BCUT2D eigenvalue weighted by Crippen LogP contribution is -2.18. The lowest BCUT2D eigenvalue weighted by molar-refractivity contribution is 0.660. The number of benzene rings is 8. The summed E-state index contributed by atoms with van der Waals surface area (Å²) >= 11 is 0. The highest BCUT2D eigenvalue weighted by molar-refractivity contribution is 5.95. The maximum atomic E-state index is 2.49. The molecule has 8 aromatic carbocycles. The Balaban J connectivity index is 1.20. The van der Waals surface area contributed by atoms with Gasteiger partial charge in [0, 0.05) is 27.9 Å². The van der Waals surface area contributed by atoms with E-state index in [2.05, 4.69) is 209 Å². The normalized spacial score (nSPS) is 14.3. The van der Waals surface area contributed by atoms with Crippen LogP contribution in [0.2, 0.25) is 0 Å². The van der Waals surface area contributed by atoms with E-state index >= 15 is 0 Å². The second kappa shape index (κ2) is 11.9. The van der Waals surface area contributed by atoms with Crippen molar-refractivity contribution in [2.24, 2.45) is 0 Å². The topological polar surface area (TPSA) is 3.24 Å². The van der Waals surface area contributed by atoms with E-state index in [-0.39, 0.29) is 10.8 Å². The van der Waals surface area contributed by atoms with Crippen LogP contribution in [0.25, 0.3) is 55.3 Å². The average molecular weight is 694 g/mol. The van der Waals surface area contributed by atoms with Crippen molar-refractivity contribution in [3.05, 3.63) is 198 Å². The minimum atomic E-state index is -0.109. The van der Waals surface area contributed by atoms with Crippen LogP contribution in [0.3, 0.4) is 0 Å². The molecule has 10 rings (SSSR count). The van der Waals surface area contributed by atoms with E-state index in [1.54, 1.807) is 0 Å². The first kappa shape index (κ1) is 32.5. The zero-order chi connectivity index (χ0) is 36.8. The molecule has 0 atom stereocenters. The molecule has 1 nitrogen and oxygen atoms in total. The maximum Gasteiger partial charge on any atom is 0.0468 e. The lowest BCUT2D eigenvalue weighted by Gasteiger charge is -2.30. The Kier molecular flexibility index (Phi) is 7.17. The van der Waals surface area contributed by atoms with Crippen molar-refractivity contribution >= 4 is 27.8 Å². The molecular weight excluding hydrogens is 651 g/mol. The summed E-state index contributed by atoms with van der Waals surface area (Å²) < 4.78 is 0. The van der Waals surface area contributed by atoms with Gasteiger partial charge in [0.15, 0.2) is 0 Å². The molecule has 54 heavy (non-hydrogen) atoms. The van der Waals surface area contributed by atoms with Crippen LogP contribution in [0.1, 0.15) is 55.5 Å². The van der Waals surface area contributed by atoms with Crippen LogP contribution in [-0.2, 0) is 10.8 Å². The van der Waals surface area contributed by atoms with Gasteiger partial charge in [-0.05, 0) is 132 Å². The van der Waals surface area contributed by atoms with E-state index in [1.165, 1.54) is 83.1 Å². The third kappa shape index (κ3) is 4.85. The molecule has 0 fully saturated rings. The number of rotatable bonds is 5. The minimum absolute atomic E-state index is 0.109. The van der Waals surface area contributed by atoms with Crippen molar-refractivity contribution in [2.75, 3.05) is 4.90 Å². The monoisotopic (exact) mass is 693 g/mol. The summed E-state index contributed by atoms with van der Waals surface area (Å²) in [5.41, 5.74) is 20.3. The minimum Gasteiger partial charge on any atom is -0.310 e. The molecule has 0 saturated heterocycles.